The maximum Gasteiger partial charge on any atom is 0.229 e. The largest absolute Gasteiger partial charge is 0.368 e. The highest BCUT2D eigenvalue weighted by Crippen LogP contribution is 2.31. The molecule has 3 heterocycles. The van der Waals surface area contributed by atoms with Crippen LogP contribution in [0.15, 0.2) is 17.9 Å². The number of aromatic nitrogens is 3. The first-order chi connectivity index (χ1) is 10.6. The molecule has 116 valence electrons. The molecule has 3 rings (SSSR count). The lowest BCUT2D eigenvalue weighted by atomic mass is 9.95. The third kappa shape index (κ3) is 3.17. The zero-order valence-corrected chi connectivity index (χ0v) is 13.1. The number of piperidine rings is 1. The minimum Gasteiger partial charge on any atom is -0.368 e. The minimum absolute atomic E-state index is 0.0716. The zero-order valence-electron chi connectivity index (χ0n) is 11.5. The van der Waals surface area contributed by atoms with Crippen molar-refractivity contribution < 1.29 is 9.18 Å². The molecule has 1 amide bonds. The Morgan fingerprint density at radius 1 is 1.41 bits per heavy atom. The monoisotopic (exact) mass is 341 g/mol. The Bertz CT molecular complexity index is 640. The molecule has 9 heteroatoms. The van der Waals surface area contributed by atoms with E-state index in [4.69, 9.17) is 11.6 Å². The summed E-state index contributed by atoms with van der Waals surface area (Å²) < 4.78 is 13.9. The van der Waals surface area contributed by atoms with Gasteiger partial charge in [-0.3, -0.25) is 9.78 Å². The Balaban J connectivity index is 1.62. The van der Waals surface area contributed by atoms with Crippen molar-refractivity contribution in [1.29, 1.82) is 0 Å². The van der Waals surface area contributed by atoms with Crippen molar-refractivity contribution in [2.24, 2.45) is 5.92 Å². The van der Waals surface area contributed by atoms with Gasteiger partial charge in [0.05, 0.1) is 16.9 Å². The summed E-state index contributed by atoms with van der Waals surface area (Å²) in [6.45, 7) is 1.13. The van der Waals surface area contributed by atoms with Gasteiger partial charge in [0, 0.05) is 25.2 Å². The lowest BCUT2D eigenvalue weighted by Gasteiger charge is -2.33. The molecular weight excluding hydrogens is 329 g/mol. The molecule has 0 radical (unpaired) electrons. The average molecular weight is 342 g/mol. The highest BCUT2D eigenvalue weighted by Gasteiger charge is 2.27. The Kier molecular flexibility index (Phi) is 4.49. The summed E-state index contributed by atoms with van der Waals surface area (Å²) in [7, 11) is 0. The summed E-state index contributed by atoms with van der Waals surface area (Å²) in [5.74, 6) is -0.634. The Labute approximate surface area is 135 Å². The molecule has 0 unspecified atom stereocenters. The first-order valence-electron chi connectivity index (χ1n) is 6.76. The third-order valence-electron chi connectivity index (χ3n) is 3.60. The SMILES string of the molecule is O=C(Nc1nncs1)C1CCN(c2c(F)cncc2Cl)CC1. The molecule has 1 saturated heterocycles. The van der Waals surface area contributed by atoms with Crippen LogP contribution in [0.25, 0.3) is 0 Å². The van der Waals surface area contributed by atoms with Crippen molar-refractivity contribution >= 4 is 39.7 Å². The molecule has 0 bridgehead atoms. The van der Waals surface area contributed by atoms with Gasteiger partial charge in [0.15, 0.2) is 5.82 Å². The molecule has 2 aromatic heterocycles. The predicted octanol–water partition coefficient (Wildman–Crippen LogP) is 2.58. The Hall–Kier alpha value is -1.80. The normalized spacial score (nSPS) is 15.8. The summed E-state index contributed by atoms with van der Waals surface area (Å²) in [5, 5.41) is 11.0. The van der Waals surface area contributed by atoms with Gasteiger partial charge >= 0.3 is 0 Å². The van der Waals surface area contributed by atoms with Crippen LogP contribution in [0.3, 0.4) is 0 Å². The summed E-state index contributed by atoms with van der Waals surface area (Å²) in [6.07, 6.45) is 3.83. The van der Waals surface area contributed by atoms with Crippen molar-refractivity contribution in [3.05, 3.63) is 28.7 Å². The van der Waals surface area contributed by atoms with Gasteiger partial charge in [0.2, 0.25) is 11.0 Å². The fourth-order valence-corrected chi connectivity index (χ4v) is 3.22. The van der Waals surface area contributed by atoms with Gasteiger partial charge < -0.3 is 10.2 Å². The number of halogens is 2. The maximum atomic E-state index is 13.9. The minimum atomic E-state index is -0.440. The van der Waals surface area contributed by atoms with E-state index in [1.807, 2.05) is 4.90 Å². The second-order valence-corrected chi connectivity index (χ2v) is 6.19. The molecule has 0 atom stereocenters. The number of nitrogens with one attached hydrogen (secondary N) is 1. The van der Waals surface area contributed by atoms with Crippen molar-refractivity contribution in [3.63, 3.8) is 0 Å². The number of amides is 1. The van der Waals surface area contributed by atoms with Crippen LogP contribution in [0.1, 0.15) is 12.8 Å². The van der Waals surface area contributed by atoms with Crippen LogP contribution in [0, 0.1) is 11.7 Å². The van der Waals surface area contributed by atoms with E-state index in [1.165, 1.54) is 17.5 Å². The molecule has 1 aliphatic heterocycles. The number of pyridine rings is 1. The smallest absolute Gasteiger partial charge is 0.229 e. The maximum absolute atomic E-state index is 13.9. The lowest BCUT2D eigenvalue weighted by Crippen LogP contribution is -2.38. The van der Waals surface area contributed by atoms with E-state index in [9.17, 15) is 9.18 Å². The Morgan fingerprint density at radius 2 is 2.18 bits per heavy atom. The number of rotatable bonds is 3. The van der Waals surface area contributed by atoms with Gasteiger partial charge in [-0.2, -0.15) is 0 Å². The number of carbonyl (C=O) groups is 1. The van der Waals surface area contributed by atoms with E-state index in [-0.39, 0.29) is 16.8 Å². The third-order valence-corrected chi connectivity index (χ3v) is 4.48. The standard InChI is InChI=1S/C13H13ClFN5OS/c14-9-5-16-6-10(15)11(9)20-3-1-8(2-4-20)12(21)18-13-19-17-7-22-13/h5-8H,1-4H2,(H,18,19,21). The molecule has 1 aliphatic rings. The summed E-state index contributed by atoms with van der Waals surface area (Å²) >= 11 is 7.30. The first kappa shape index (κ1) is 15.1. The van der Waals surface area contributed by atoms with E-state index in [2.05, 4.69) is 20.5 Å². The number of carbonyl (C=O) groups excluding carboxylic acids is 1. The van der Waals surface area contributed by atoms with Crippen LogP contribution in [0.4, 0.5) is 15.2 Å². The van der Waals surface area contributed by atoms with E-state index in [0.717, 1.165) is 6.20 Å². The van der Waals surface area contributed by atoms with E-state index in [0.29, 0.717) is 36.8 Å². The lowest BCUT2D eigenvalue weighted by molar-refractivity contribution is -0.120. The summed E-state index contributed by atoms with van der Waals surface area (Å²) in [4.78, 5) is 17.7. The van der Waals surface area contributed by atoms with Gasteiger partial charge in [-0.1, -0.05) is 22.9 Å². The fourth-order valence-electron chi connectivity index (χ4n) is 2.51. The van der Waals surface area contributed by atoms with Gasteiger partial charge in [-0.25, -0.2) is 4.39 Å². The van der Waals surface area contributed by atoms with E-state index >= 15 is 0 Å². The van der Waals surface area contributed by atoms with Crippen molar-refractivity contribution in [2.75, 3.05) is 23.3 Å². The van der Waals surface area contributed by atoms with Gasteiger partial charge in [0.25, 0.3) is 0 Å². The summed E-state index contributed by atoms with van der Waals surface area (Å²) in [5.41, 5.74) is 1.92. The molecular formula is C13H13ClFN5OS. The molecule has 22 heavy (non-hydrogen) atoms. The molecule has 0 aromatic carbocycles. The van der Waals surface area contributed by atoms with Crippen LogP contribution >= 0.6 is 22.9 Å². The molecule has 2 aromatic rings. The quantitative estimate of drug-likeness (QED) is 0.929. The van der Waals surface area contributed by atoms with E-state index in [1.54, 1.807) is 5.51 Å². The predicted molar refractivity (Wildman–Crippen MR) is 82.7 cm³/mol. The van der Waals surface area contributed by atoms with Crippen molar-refractivity contribution in [1.82, 2.24) is 15.2 Å². The number of anilines is 2. The molecule has 0 aliphatic carbocycles. The fraction of sp³-hybridized carbons (Fsp3) is 0.385. The highest BCUT2D eigenvalue weighted by atomic mass is 35.5. The van der Waals surface area contributed by atoms with Crippen molar-refractivity contribution in [2.45, 2.75) is 12.8 Å². The van der Waals surface area contributed by atoms with Crippen LogP contribution < -0.4 is 10.2 Å². The van der Waals surface area contributed by atoms with Gasteiger partial charge in [-0.05, 0) is 12.8 Å². The molecule has 0 saturated carbocycles. The first-order valence-corrected chi connectivity index (χ1v) is 8.02. The topological polar surface area (TPSA) is 71.0 Å². The second kappa shape index (κ2) is 6.53. The number of hydrogen-bond donors (Lipinski definition) is 1. The van der Waals surface area contributed by atoms with Gasteiger partial charge in [-0.15, -0.1) is 10.2 Å². The van der Waals surface area contributed by atoms with Gasteiger partial charge in [0.1, 0.15) is 5.51 Å². The van der Waals surface area contributed by atoms with Crippen LogP contribution in [-0.4, -0.2) is 34.2 Å². The highest BCUT2D eigenvalue weighted by molar-refractivity contribution is 7.13. The Morgan fingerprint density at radius 3 is 2.82 bits per heavy atom. The molecule has 1 fully saturated rings. The van der Waals surface area contributed by atoms with Crippen LogP contribution in [0.2, 0.25) is 5.02 Å². The van der Waals surface area contributed by atoms with Crippen molar-refractivity contribution in [3.8, 4) is 0 Å². The summed E-state index contributed by atoms with van der Waals surface area (Å²) in [6, 6.07) is 0. The van der Waals surface area contributed by atoms with E-state index < -0.39 is 5.82 Å². The second-order valence-electron chi connectivity index (χ2n) is 4.95. The number of nitrogens with zero attached hydrogens (tertiary/aromatic N) is 4. The zero-order chi connectivity index (χ0) is 15.5. The molecule has 0 spiro atoms. The van der Waals surface area contributed by atoms with Crippen LogP contribution in [-0.2, 0) is 4.79 Å². The number of hydrogen-bond acceptors (Lipinski definition) is 6. The van der Waals surface area contributed by atoms with Crippen LogP contribution in [0.5, 0.6) is 0 Å². The average Bonchev–Trinajstić information content (AvgIpc) is 3.00. The molecule has 6 nitrogen and oxygen atoms in total. The molecule has 1 N–H and O–H groups in total.